The predicted octanol–water partition coefficient (Wildman–Crippen LogP) is 3.75. The minimum Gasteiger partial charge on any atom is -0.486 e. The van der Waals surface area contributed by atoms with Crippen molar-refractivity contribution >= 4 is 5.97 Å². The first-order chi connectivity index (χ1) is 9.61. The van der Waals surface area contributed by atoms with Crippen LogP contribution in [0.1, 0.15) is 28.9 Å². The van der Waals surface area contributed by atoms with Crippen LogP contribution in [0.25, 0.3) is 0 Å². The van der Waals surface area contributed by atoms with Crippen LogP contribution in [0.5, 0.6) is 5.75 Å². The Morgan fingerprint density at radius 3 is 2.45 bits per heavy atom. The summed E-state index contributed by atoms with van der Waals surface area (Å²) in [6, 6.07) is 13.6. The monoisotopic (exact) mass is 274 g/mol. The lowest BCUT2D eigenvalue weighted by molar-refractivity contribution is 0.0595. The van der Waals surface area contributed by atoms with Gasteiger partial charge in [-0.15, -0.1) is 0 Å². The second-order valence-electron chi connectivity index (χ2n) is 4.30. The number of ether oxygens (including phenoxy) is 2. The van der Waals surface area contributed by atoms with Gasteiger partial charge in [-0.05, 0) is 36.8 Å². The van der Waals surface area contributed by atoms with Gasteiger partial charge in [-0.25, -0.2) is 9.18 Å². The molecule has 104 valence electrons. The van der Waals surface area contributed by atoms with Crippen molar-refractivity contribution in [2.75, 3.05) is 7.11 Å². The number of carbonyl (C=O) groups is 1. The Morgan fingerprint density at radius 2 is 1.85 bits per heavy atom. The van der Waals surface area contributed by atoms with Gasteiger partial charge in [-0.1, -0.05) is 24.3 Å². The van der Waals surface area contributed by atoms with E-state index >= 15 is 0 Å². The second-order valence-corrected chi connectivity index (χ2v) is 4.30. The van der Waals surface area contributed by atoms with Crippen LogP contribution in [-0.4, -0.2) is 13.1 Å². The summed E-state index contributed by atoms with van der Waals surface area (Å²) in [5.74, 6) is -0.596. The maximum absolute atomic E-state index is 13.8. The van der Waals surface area contributed by atoms with E-state index in [0.29, 0.717) is 11.3 Å². The Morgan fingerprint density at radius 1 is 1.15 bits per heavy atom. The molecule has 0 fully saturated rings. The summed E-state index contributed by atoms with van der Waals surface area (Å²) >= 11 is 0. The molecule has 0 spiro atoms. The molecule has 1 atom stereocenters. The van der Waals surface area contributed by atoms with Crippen LogP contribution in [0.15, 0.2) is 48.5 Å². The second kappa shape index (κ2) is 6.19. The van der Waals surface area contributed by atoms with E-state index in [1.807, 2.05) is 37.3 Å². The molecular weight excluding hydrogens is 259 g/mol. The van der Waals surface area contributed by atoms with Crippen LogP contribution in [0.4, 0.5) is 4.39 Å². The summed E-state index contributed by atoms with van der Waals surface area (Å²) in [6.07, 6.45) is -0.321. The predicted molar refractivity (Wildman–Crippen MR) is 73.2 cm³/mol. The molecule has 2 aromatic carbocycles. The fourth-order valence-electron chi connectivity index (χ4n) is 1.83. The zero-order valence-electron chi connectivity index (χ0n) is 11.3. The van der Waals surface area contributed by atoms with Gasteiger partial charge in [0.2, 0.25) is 0 Å². The van der Waals surface area contributed by atoms with Crippen LogP contribution >= 0.6 is 0 Å². The van der Waals surface area contributed by atoms with Crippen LogP contribution in [0.3, 0.4) is 0 Å². The van der Waals surface area contributed by atoms with E-state index in [9.17, 15) is 9.18 Å². The SMILES string of the molecule is COC(=O)c1ccc(C(C)Oc2ccccc2)cc1F. The van der Waals surface area contributed by atoms with Gasteiger partial charge in [0.25, 0.3) is 0 Å². The number of para-hydroxylation sites is 1. The molecule has 3 nitrogen and oxygen atoms in total. The standard InChI is InChI=1S/C16H15FO3/c1-11(20-13-6-4-3-5-7-13)12-8-9-14(15(17)10-12)16(18)19-2/h3-11H,1-2H3. The maximum atomic E-state index is 13.8. The molecule has 0 radical (unpaired) electrons. The minimum absolute atomic E-state index is 0.0804. The van der Waals surface area contributed by atoms with E-state index in [1.54, 1.807) is 6.07 Å². The van der Waals surface area contributed by atoms with E-state index in [0.717, 1.165) is 0 Å². The molecule has 0 saturated carbocycles. The first-order valence-corrected chi connectivity index (χ1v) is 6.21. The number of methoxy groups -OCH3 is 1. The number of esters is 1. The number of halogens is 1. The summed E-state index contributed by atoms with van der Waals surface area (Å²) in [4.78, 5) is 11.3. The quantitative estimate of drug-likeness (QED) is 0.796. The molecular formula is C16H15FO3. The highest BCUT2D eigenvalue weighted by Gasteiger charge is 2.15. The smallest absolute Gasteiger partial charge is 0.340 e. The van der Waals surface area contributed by atoms with Gasteiger partial charge in [-0.2, -0.15) is 0 Å². The number of carbonyl (C=O) groups excluding carboxylic acids is 1. The molecule has 0 saturated heterocycles. The van der Waals surface area contributed by atoms with Gasteiger partial charge in [0.1, 0.15) is 17.7 Å². The third kappa shape index (κ3) is 3.15. The van der Waals surface area contributed by atoms with Crippen LogP contribution < -0.4 is 4.74 Å². The molecule has 0 aliphatic carbocycles. The zero-order chi connectivity index (χ0) is 14.5. The summed E-state index contributed by atoms with van der Waals surface area (Å²) in [5.41, 5.74) is 0.571. The van der Waals surface area contributed by atoms with E-state index in [4.69, 9.17) is 4.74 Å². The highest BCUT2D eigenvalue weighted by molar-refractivity contribution is 5.89. The van der Waals surface area contributed by atoms with Gasteiger partial charge in [0.15, 0.2) is 0 Å². The molecule has 0 aliphatic rings. The zero-order valence-corrected chi connectivity index (χ0v) is 11.3. The Labute approximate surface area is 117 Å². The first kappa shape index (κ1) is 14.1. The van der Waals surface area contributed by atoms with Gasteiger partial charge in [-0.3, -0.25) is 0 Å². The highest BCUT2D eigenvalue weighted by Crippen LogP contribution is 2.23. The van der Waals surface area contributed by atoms with Crippen molar-refractivity contribution in [3.63, 3.8) is 0 Å². The maximum Gasteiger partial charge on any atom is 0.340 e. The van der Waals surface area contributed by atoms with Crippen molar-refractivity contribution in [2.24, 2.45) is 0 Å². The molecule has 2 aromatic rings. The van der Waals surface area contributed by atoms with E-state index in [1.165, 1.54) is 19.2 Å². The lowest BCUT2D eigenvalue weighted by Crippen LogP contribution is -2.08. The van der Waals surface area contributed by atoms with E-state index in [2.05, 4.69) is 4.74 Å². The average molecular weight is 274 g/mol. The summed E-state index contributed by atoms with van der Waals surface area (Å²) in [5, 5.41) is 0. The number of rotatable bonds is 4. The molecule has 0 aliphatic heterocycles. The van der Waals surface area contributed by atoms with E-state index < -0.39 is 11.8 Å². The third-order valence-corrected chi connectivity index (χ3v) is 2.92. The molecule has 1 unspecified atom stereocenters. The van der Waals surface area contributed by atoms with Crippen LogP contribution in [0, 0.1) is 5.82 Å². The summed E-state index contributed by atoms with van der Waals surface area (Å²) in [7, 11) is 1.22. The van der Waals surface area contributed by atoms with Crippen molar-refractivity contribution in [3.05, 3.63) is 65.5 Å². The summed E-state index contributed by atoms with van der Waals surface area (Å²) in [6.45, 7) is 1.82. The average Bonchev–Trinajstić information content (AvgIpc) is 2.47. The molecule has 0 N–H and O–H groups in total. The lowest BCUT2D eigenvalue weighted by Gasteiger charge is -2.15. The molecule has 0 bridgehead atoms. The number of hydrogen-bond acceptors (Lipinski definition) is 3. The molecule has 2 rings (SSSR count). The van der Waals surface area contributed by atoms with Crippen molar-refractivity contribution < 1.29 is 18.7 Å². The van der Waals surface area contributed by atoms with Crippen LogP contribution in [-0.2, 0) is 4.74 Å². The van der Waals surface area contributed by atoms with Crippen molar-refractivity contribution in [1.29, 1.82) is 0 Å². The largest absolute Gasteiger partial charge is 0.486 e. The summed E-state index contributed by atoms with van der Waals surface area (Å²) < 4.78 is 24.0. The first-order valence-electron chi connectivity index (χ1n) is 6.21. The molecule has 0 aromatic heterocycles. The van der Waals surface area contributed by atoms with Gasteiger partial charge >= 0.3 is 5.97 Å². The third-order valence-electron chi connectivity index (χ3n) is 2.92. The van der Waals surface area contributed by atoms with Crippen molar-refractivity contribution in [1.82, 2.24) is 0 Å². The van der Waals surface area contributed by atoms with E-state index in [-0.39, 0.29) is 11.7 Å². The van der Waals surface area contributed by atoms with Gasteiger partial charge < -0.3 is 9.47 Å². The highest BCUT2D eigenvalue weighted by atomic mass is 19.1. The Bertz CT molecular complexity index is 596. The molecule has 0 amide bonds. The lowest BCUT2D eigenvalue weighted by atomic mass is 10.1. The van der Waals surface area contributed by atoms with Gasteiger partial charge in [0.05, 0.1) is 12.7 Å². The fourth-order valence-corrected chi connectivity index (χ4v) is 1.83. The molecule has 4 heteroatoms. The number of benzene rings is 2. The topological polar surface area (TPSA) is 35.5 Å². The molecule has 20 heavy (non-hydrogen) atoms. The van der Waals surface area contributed by atoms with Gasteiger partial charge in [0, 0.05) is 0 Å². The van der Waals surface area contributed by atoms with Crippen molar-refractivity contribution in [2.45, 2.75) is 13.0 Å². The normalized spacial score (nSPS) is 11.8. The van der Waals surface area contributed by atoms with Crippen molar-refractivity contribution in [3.8, 4) is 5.75 Å². The fraction of sp³-hybridized carbons (Fsp3) is 0.188. The number of hydrogen-bond donors (Lipinski definition) is 0. The minimum atomic E-state index is -0.689. The Kier molecular flexibility index (Phi) is 4.35. The Balaban J connectivity index is 2.17. The Hall–Kier alpha value is -2.36. The molecule has 0 heterocycles. The van der Waals surface area contributed by atoms with Crippen LogP contribution in [0.2, 0.25) is 0 Å².